The Labute approximate surface area is 147 Å². The molecule has 1 aliphatic carbocycles. The van der Waals surface area contributed by atoms with E-state index in [1.165, 1.54) is 11.3 Å². The average Bonchev–Trinajstić information content (AvgIpc) is 2.56. The molecule has 128 valence electrons. The number of thioether (sulfide) groups is 1. The van der Waals surface area contributed by atoms with Crippen LogP contribution < -0.4 is 10.5 Å². The van der Waals surface area contributed by atoms with Crippen molar-refractivity contribution in [1.82, 2.24) is 0 Å². The molecule has 3 N–H and O–H groups in total. The number of rotatable bonds is 5. The Morgan fingerprint density at radius 1 is 0.917 bits per heavy atom. The van der Waals surface area contributed by atoms with Crippen LogP contribution in [0, 0.1) is 0 Å². The Morgan fingerprint density at radius 2 is 1.54 bits per heavy atom. The Kier molecular flexibility index (Phi) is 5.18. The zero-order valence-electron chi connectivity index (χ0n) is 13.4. The SMILES string of the molecule is NS(=O)(=O)c1ccccc1NC1(Sc2ccccc2)CCCCC1. The molecule has 6 heteroatoms. The summed E-state index contributed by atoms with van der Waals surface area (Å²) in [6, 6.07) is 17.1. The lowest BCUT2D eigenvalue weighted by molar-refractivity contribution is 0.430. The molecule has 0 bridgehead atoms. The van der Waals surface area contributed by atoms with Crippen LogP contribution >= 0.6 is 11.8 Å². The number of hydrogen-bond acceptors (Lipinski definition) is 4. The molecule has 24 heavy (non-hydrogen) atoms. The van der Waals surface area contributed by atoms with Gasteiger partial charge in [-0.1, -0.05) is 61.4 Å². The van der Waals surface area contributed by atoms with Crippen LogP contribution in [0.15, 0.2) is 64.4 Å². The quantitative estimate of drug-likeness (QED) is 0.782. The molecule has 0 radical (unpaired) electrons. The van der Waals surface area contributed by atoms with E-state index in [0.29, 0.717) is 5.69 Å². The summed E-state index contributed by atoms with van der Waals surface area (Å²) in [5.74, 6) is 0. The van der Waals surface area contributed by atoms with Gasteiger partial charge >= 0.3 is 0 Å². The largest absolute Gasteiger partial charge is 0.369 e. The topological polar surface area (TPSA) is 72.2 Å². The summed E-state index contributed by atoms with van der Waals surface area (Å²) in [4.78, 5) is 1.13. The Morgan fingerprint density at radius 3 is 2.21 bits per heavy atom. The van der Waals surface area contributed by atoms with Gasteiger partial charge in [-0.2, -0.15) is 0 Å². The van der Waals surface area contributed by atoms with Crippen LogP contribution in [0.1, 0.15) is 32.1 Å². The van der Waals surface area contributed by atoms with Gasteiger partial charge in [-0.25, -0.2) is 13.6 Å². The van der Waals surface area contributed by atoms with E-state index in [1.54, 1.807) is 30.0 Å². The van der Waals surface area contributed by atoms with E-state index in [-0.39, 0.29) is 9.77 Å². The molecule has 2 aromatic carbocycles. The molecule has 0 heterocycles. The van der Waals surface area contributed by atoms with E-state index < -0.39 is 10.0 Å². The number of anilines is 1. The Bertz CT molecular complexity index is 786. The van der Waals surface area contributed by atoms with Crippen LogP contribution in [0.25, 0.3) is 0 Å². The number of para-hydroxylation sites is 1. The van der Waals surface area contributed by atoms with E-state index in [1.807, 2.05) is 24.3 Å². The van der Waals surface area contributed by atoms with E-state index in [4.69, 9.17) is 5.14 Å². The van der Waals surface area contributed by atoms with Crippen LogP contribution in [0.2, 0.25) is 0 Å². The van der Waals surface area contributed by atoms with Crippen LogP contribution in [0.3, 0.4) is 0 Å². The highest BCUT2D eigenvalue weighted by molar-refractivity contribution is 8.00. The Hall–Kier alpha value is -1.50. The fourth-order valence-corrected chi connectivity index (χ4v) is 5.25. The standard InChI is InChI=1S/C18H22N2O2S2/c19-24(21,22)17-12-6-5-11-16(17)20-18(13-7-2-8-14-18)23-15-9-3-1-4-10-15/h1,3-6,9-12,20H,2,7-8,13-14H2,(H2,19,21,22). The molecule has 0 atom stereocenters. The number of benzene rings is 2. The van der Waals surface area contributed by atoms with Gasteiger partial charge in [0.15, 0.2) is 0 Å². The number of sulfonamides is 1. The molecule has 3 rings (SSSR count). The Balaban J connectivity index is 1.94. The first-order valence-corrected chi connectivity index (χ1v) is 10.5. The maximum absolute atomic E-state index is 11.9. The van der Waals surface area contributed by atoms with Crippen molar-refractivity contribution < 1.29 is 8.42 Å². The number of hydrogen-bond donors (Lipinski definition) is 2. The molecule has 2 aromatic rings. The number of primary sulfonamides is 1. The summed E-state index contributed by atoms with van der Waals surface area (Å²) < 4.78 is 23.8. The first-order chi connectivity index (χ1) is 11.5. The van der Waals surface area contributed by atoms with Gasteiger partial charge in [0.25, 0.3) is 0 Å². The van der Waals surface area contributed by atoms with Gasteiger partial charge in [-0.05, 0) is 37.1 Å². The van der Waals surface area contributed by atoms with Gasteiger partial charge in [0.1, 0.15) is 4.90 Å². The summed E-state index contributed by atoms with van der Waals surface area (Å²) in [6.45, 7) is 0. The molecular weight excluding hydrogens is 340 g/mol. The molecule has 0 aliphatic heterocycles. The third-order valence-electron chi connectivity index (χ3n) is 4.27. The van der Waals surface area contributed by atoms with Gasteiger partial charge in [-0.15, -0.1) is 0 Å². The fraction of sp³-hybridized carbons (Fsp3) is 0.333. The maximum Gasteiger partial charge on any atom is 0.240 e. The summed E-state index contributed by atoms with van der Waals surface area (Å²) in [5.41, 5.74) is 0.588. The van der Waals surface area contributed by atoms with Crippen LogP contribution in [-0.4, -0.2) is 13.3 Å². The summed E-state index contributed by atoms with van der Waals surface area (Å²) in [6.07, 6.45) is 5.46. The van der Waals surface area contributed by atoms with Gasteiger partial charge in [0.05, 0.1) is 10.6 Å². The van der Waals surface area contributed by atoms with Crippen molar-refractivity contribution in [2.45, 2.75) is 46.8 Å². The lowest BCUT2D eigenvalue weighted by Gasteiger charge is -2.39. The average molecular weight is 363 g/mol. The minimum atomic E-state index is -3.76. The van der Waals surface area contributed by atoms with Crippen LogP contribution in [-0.2, 0) is 10.0 Å². The molecule has 1 aliphatic rings. The highest BCUT2D eigenvalue weighted by atomic mass is 32.2. The molecule has 0 aromatic heterocycles. The highest BCUT2D eigenvalue weighted by Crippen LogP contribution is 2.44. The van der Waals surface area contributed by atoms with Crippen molar-refractivity contribution >= 4 is 27.5 Å². The third kappa shape index (κ3) is 4.12. The molecule has 0 saturated heterocycles. The molecule has 0 unspecified atom stereocenters. The summed E-state index contributed by atoms with van der Waals surface area (Å²) in [5, 5.41) is 8.91. The lowest BCUT2D eigenvalue weighted by atomic mass is 9.94. The second-order valence-electron chi connectivity index (χ2n) is 6.14. The minimum absolute atomic E-state index is 0.156. The third-order valence-corrected chi connectivity index (χ3v) is 6.65. The van der Waals surface area contributed by atoms with Crippen molar-refractivity contribution in [2.24, 2.45) is 5.14 Å². The minimum Gasteiger partial charge on any atom is -0.369 e. The predicted octanol–water partition coefficient (Wildman–Crippen LogP) is 4.20. The molecule has 4 nitrogen and oxygen atoms in total. The second-order valence-corrected chi connectivity index (χ2v) is 9.12. The molecule has 1 saturated carbocycles. The van der Waals surface area contributed by atoms with Crippen molar-refractivity contribution in [3.05, 3.63) is 54.6 Å². The van der Waals surface area contributed by atoms with Gasteiger partial charge in [0, 0.05) is 4.90 Å². The molecule has 1 fully saturated rings. The summed E-state index contributed by atoms with van der Waals surface area (Å²) in [7, 11) is -3.76. The second kappa shape index (κ2) is 7.17. The van der Waals surface area contributed by atoms with Gasteiger partial charge < -0.3 is 5.32 Å². The van der Waals surface area contributed by atoms with Crippen molar-refractivity contribution in [2.75, 3.05) is 5.32 Å². The normalized spacial score (nSPS) is 17.4. The first-order valence-electron chi connectivity index (χ1n) is 8.13. The first kappa shape index (κ1) is 17.3. The zero-order valence-corrected chi connectivity index (χ0v) is 15.1. The molecular formula is C18H22N2O2S2. The number of nitrogens with two attached hydrogens (primary N) is 1. The smallest absolute Gasteiger partial charge is 0.240 e. The van der Waals surface area contributed by atoms with E-state index in [9.17, 15) is 8.42 Å². The summed E-state index contributed by atoms with van der Waals surface area (Å²) >= 11 is 1.78. The number of nitrogens with one attached hydrogen (secondary N) is 1. The van der Waals surface area contributed by atoms with E-state index in [2.05, 4.69) is 17.4 Å². The van der Waals surface area contributed by atoms with Crippen LogP contribution in [0.5, 0.6) is 0 Å². The van der Waals surface area contributed by atoms with Crippen molar-refractivity contribution in [3.63, 3.8) is 0 Å². The van der Waals surface area contributed by atoms with Gasteiger partial charge in [0.2, 0.25) is 10.0 Å². The zero-order chi connectivity index (χ0) is 17.0. The van der Waals surface area contributed by atoms with Crippen molar-refractivity contribution in [1.29, 1.82) is 0 Å². The highest BCUT2D eigenvalue weighted by Gasteiger charge is 2.34. The predicted molar refractivity (Wildman–Crippen MR) is 99.6 cm³/mol. The molecule has 0 spiro atoms. The lowest BCUT2D eigenvalue weighted by Crippen LogP contribution is -2.37. The maximum atomic E-state index is 11.9. The van der Waals surface area contributed by atoms with Gasteiger partial charge in [-0.3, -0.25) is 0 Å². The van der Waals surface area contributed by atoms with E-state index >= 15 is 0 Å². The fourth-order valence-electron chi connectivity index (χ4n) is 3.15. The molecule has 0 amide bonds. The van der Waals surface area contributed by atoms with E-state index in [0.717, 1.165) is 25.7 Å². The van der Waals surface area contributed by atoms with Crippen molar-refractivity contribution in [3.8, 4) is 0 Å². The van der Waals surface area contributed by atoms with Crippen LogP contribution in [0.4, 0.5) is 5.69 Å². The monoisotopic (exact) mass is 362 g/mol.